The van der Waals surface area contributed by atoms with E-state index in [1.807, 2.05) is 13.8 Å². The normalized spacial score (nSPS) is 17.8. The van der Waals surface area contributed by atoms with Crippen molar-refractivity contribution in [2.24, 2.45) is 0 Å². The largest absolute Gasteiger partial charge is 0.508 e. The summed E-state index contributed by atoms with van der Waals surface area (Å²) in [6.07, 6.45) is 3.03. The summed E-state index contributed by atoms with van der Waals surface area (Å²) in [5.74, 6) is -0.695. The number of hydrogen-bond acceptors (Lipinski definition) is 6. The Hall–Kier alpha value is -2.99. The fraction of sp³-hybridized carbons (Fsp3) is 0.286. The number of ketones is 1. The molecule has 0 radical (unpaired) electrons. The summed E-state index contributed by atoms with van der Waals surface area (Å²) in [4.78, 5) is 12.7. The summed E-state index contributed by atoms with van der Waals surface area (Å²) < 4.78 is 10.7. The molecule has 1 heterocycles. The first-order valence-electron chi connectivity index (χ1n) is 8.54. The van der Waals surface area contributed by atoms with E-state index in [9.17, 15) is 20.1 Å². The van der Waals surface area contributed by atoms with Gasteiger partial charge in [0.1, 0.15) is 28.6 Å². The molecule has 6 heteroatoms. The summed E-state index contributed by atoms with van der Waals surface area (Å²) in [6.45, 7) is 3.84. The van der Waals surface area contributed by atoms with Crippen LogP contribution in [0.15, 0.2) is 36.4 Å². The molecular weight excluding hydrogens is 348 g/mol. The number of benzene rings is 2. The number of rotatable bonds is 6. The number of carbonyl (C=O) groups excluding carboxylic acids is 1. The molecule has 3 N–H and O–H groups in total. The van der Waals surface area contributed by atoms with Crippen LogP contribution in [0.3, 0.4) is 0 Å². The number of allylic oxidation sites excluding steroid dienone is 1. The van der Waals surface area contributed by atoms with Crippen LogP contribution in [0.5, 0.6) is 23.0 Å². The lowest BCUT2D eigenvalue weighted by Crippen LogP contribution is -2.08. The lowest BCUT2D eigenvalue weighted by Gasteiger charge is -2.14. The van der Waals surface area contributed by atoms with Gasteiger partial charge in [0.2, 0.25) is 0 Å². The highest BCUT2D eigenvalue weighted by Gasteiger charge is 2.48. The van der Waals surface area contributed by atoms with Gasteiger partial charge in [-0.25, -0.2) is 0 Å². The predicted octanol–water partition coefficient (Wildman–Crippen LogP) is 3.43. The maximum absolute atomic E-state index is 12.7. The molecule has 6 nitrogen and oxygen atoms in total. The Bertz CT molecular complexity index is 896. The fourth-order valence-corrected chi connectivity index (χ4v) is 2.92. The van der Waals surface area contributed by atoms with E-state index in [4.69, 9.17) is 9.47 Å². The highest BCUT2D eigenvalue weighted by Crippen LogP contribution is 2.44. The van der Waals surface area contributed by atoms with E-state index >= 15 is 0 Å². The van der Waals surface area contributed by atoms with E-state index in [2.05, 4.69) is 0 Å². The molecule has 27 heavy (non-hydrogen) atoms. The minimum absolute atomic E-state index is 0.0150. The second-order valence-corrected chi connectivity index (χ2v) is 7.00. The van der Waals surface area contributed by atoms with Gasteiger partial charge >= 0.3 is 0 Å². The van der Waals surface area contributed by atoms with Crippen molar-refractivity contribution in [3.8, 4) is 23.0 Å². The molecule has 2 aromatic carbocycles. The van der Waals surface area contributed by atoms with Crippen LogP contribution in [0.1, 0.15) is 35.3 Å². The average Bonchev–Trinajstić information content (AvgIpc) is 3.23. The molecule has 1 aliphatic heterocycles. The SMILES string of the molecule is COc1cc(O)c(CC2OC2(C)C)c(O)c1C(=O)/C=C/c1ccc(O)cc1. The van der Waals surface area contributed by atoms with Crippen LogP contribution in [0.25, 0.3) is 6.08 Å². The van der Waals surface area contributed by atoms with Gasteiger partial charge in [-0.2, -0.15) is 0 Å². The smallest absolute Gasteiger partial charge is 0.193 e. The minimum Gasteiger partial charge on any atom is -0.508 e. The number of carbonyl (C=O) groups is 1. The van der Waals surface area contributed by atoms with Crippen LogP contribution in [-0.2, 0) is 11.2 Å². The van der Waals surface area contributed by atoms with Gasteiger partial charge in [0, 0.05) is 18.1 Å². The molecule has 1 atom stereocenters. The van der Waals surface area contributed by atoms with E-state index in [1.165, 1.54) is 31.4 Å². The van der Waals surface area contributed by atoms with E-state index in [0.717, 1.165) is 0 Å². The second-order valence-electron chi connectivity index (χ2n) is 7.00. The van der Waals surface area contributed by atoms with Crippen LogP contribution in [0, 0.1) is 0 Å². The Morgan fingerprint density at radius 3 is 2.41 bits per heavy atom. The maximum Gasteiger partial charge on any atom is 0.193 e. The number of ether oxygens (including phenoxy) is 2. The number of phenolic OH excluding ortho intramolecular Hbond substituents is 3. The molecule has 142 valence electrons. The molecule has 1 fully saturated rings. The quantitative estimate of drug-likeness (QED) is 0.409. The first-order chi connectivity index (χ1) is 12.7. The molecule has 1 unspecified atom stereocenters. The van der Waals surface area contributed by atoms with Crippen LogP contribution >= 0.6 is 0 Å². The number of epoxide rings is 1. The zero-order valence-corrected chi connectivity index (χ0v) is 15.4. The molecule has 2 aromatic rings. The average molecular weight is 370 g/mol. The summed E-state index contributed by atoms with van der Waals surface area (Å²) in [5, 5.41) is 30.2. The second kappa shape index (κ2) is 6.96. The molecular formula is C21H22O6. The standard InChI is InChI=1S/C21H22O6/c1-21(2)18(27-21)10-14-16(24)11-17(26-3)19(20(14)25)15(23)9-6-12-4-7-13(22)8-5-12/h4-9,11,18,22,24-25H,10H2,1-3H3/b9-6+. The van der Waals surface area contributed by atoms with Crippen molar-refractivity contribution in [3.63, 3.8) is 0 Å². The van der Waals surface area contributed by atoms with Crippen molar-refractivity contribution in [3.05, 3.63) is 53.1 Å². The van der Waals surface area contributed by atoms with E-state index in [0.29, 0.717) is 5.56 Å². The van der Waals surface area contributed by atoms with E-state index in [-0.39, 0.29) is 52.3 Å². The highest BCUT2D eigenvalue weighted by molar-refractivity contribution is 6.11. The van der Waals surface area contributed by atoms with Gasteiger partial charge in [0.25, 0.3) is 0 Å². The van der Waals surface area contributed by atoms with E-state index < -0.39 is 5.78 Å². The van der Waals surface area contributed by atoms with Crippen LogP contribution in [-0.4, -0.2) is 39.9 Å². The van der Waals surface area contributed by atoms with Crippen molar-refractivity contribution in [1.29, 1.82) is 0 Å². The number of methoxy groups -OCH3 is 1. The molecule has 1 aliphatic rings. The van der Waals surface area contributed by atoms with Crippen LogP contribution in [0.4, 0.5) is 0 Å². The highest BCUT2D eigenvalue weighted by atomic mass is 16.6. The van der Waals surface area contributed by atoms with Crippen molar-refractivity contribution in [1.82, 2.24) is 0 Å². The third kappa shape index (κ3) is 3.90. The topological polar surface area (TPSA) is 99.5 Å². The Balaban J connectivity index is 1.92. The molecule has 0 amide bonds. The first kappa shape index (κ1) is 18.8. The summed E-state index contributed by atoms with van der Waals surface area (Å²) in [5.41, 5.74) is 0.639. The Kier molecular flexibility index (Phi) is 4.85. The zero-order chi connectivity index (χ0) is 19.8. The number of phenols is 3. The Morgan fingerprint density at radius 2 is 1.85 bits per heavy atom. The third-order valence-electron chi connectivity index (χ3n) is 4.69. The summed E-state index contributed by atoms with van der Waals surface area (Å²) >= 11 is 0. The molecule has 3 rings (SSSR count). The van der Waals surface area contributed by atoms with Gasteiger partial charge in [0.05, 0.1) is 18.8 Å². The lowest BCUT2D eigenvalue weighted by atomic mass is 9.96. The van der Waals surface area contributed by atoms with Gasteiger partial charge in [0.15, 0.2) is 5.78 Å². The van der Waals surface area contributed by atoms with Crippen LogP contribution < -0.4 is 4.74 Å². The number of hydrogen-bond donors (Lipinski definition) is 3. The van der Waals surface area contributed by atoms with Gasteiger partial charge in [-0.1, -0.05) is 18.2 Å². The lowest BCUT2D eigenvalue weighted by molar-refractivity contribution is 0.104. The van der Waals surface area contributed by atoms with Gasteiger partial charge < -0.3 is 24.8 Å². The Labute approximate surface area is 157 Å². The first-order valence-corrected chi connectivity index (χ1v) is 8.54. The third-order valence-corrected chi connectivity index (χ3v) is 4.69. The molecule has 0 aromatic heterocycles. The van der Waals surface area contributed by atoms with Gasteiger partial charge in [-0.3, -0.25) is 4.79 Å². The maximum atomic E-state index is 12.7. The minimum atomic E-state index is -0.463. The molecule has 1 saturated heterocycles. The van der Waals surface area contributed by atoms with Gasteiger partial charge in [-0.05, 0) is 37.6 Å². The molecule has 0 saturated carbocycles. The Morgan fingerprint density at radius 1 is 1.22 bits per heavy atom. The monoisotopic (exact) mass is 370 g/mol. The molecule has 0 spiro atoms. The van der Waals surface area contributed by atoms with E-state index in [1.54, 1.807) is 18.2 Å². The fourth-order valence-electron chi connectivity index (χ4n) is 2.92. The van der Waals surface area contributed by atoms with Gasteiger partial charge in [-0.15, -0.1) is 0 Å². The number of aromatic hydroxyl groups is 3. The van der Waals surface area contributed by atoms with Crippen LogP contribution in [0.2, 0.25) is 0 Å². The molecule has 0 bridgehead atoms. The van der Waals surface area contributed by atoms with Crippen molar-refractivity contribution >= 4 is 11.9 Å². The predicted molar refractivity (Wildman–Crippen MR) is 100 cm³/mol. The van der Waals surface area contributed by atoms with Crippen molar-refractivity contribution in [2.45, 2.75) is 32.0 Å². The molecule has 0 aliphatic carbocycles. The van der Waals surface area contributed by atoms with Crippen molar-refractivity contribution in [2.75, 3.05) is 7.11 Å². The zero-order valence-electron chi connectivity index (χ0n) is 15.4. The summed E-state index contributed by atoms with van der Waals surface area (Å²) in [6, 6.07) is 7.67. The van der Waals surface area contributed by atoms with Crippen molar-refractivity contribution < 1.29 is 29.6 Å². The summed E-state index contributed by atoms with van der Waals surface area (Å²) in [7, 11) is 1.36.